The van der Waals surface area contributed by atoms with Crippen molar-refractivity contribution in [2.45, 2.75) is 52.1 Å². The predicted molar refractivity (Wildman–Crippen MR) is 72.3 cm³/mol. The van der Waals surface area contributed by atoms with Gasteiger partial charge in [-0.15, -0.1) is 0 Å². The number of nitrogens with two attached hydrogens (primary N) is 1. The van der Waals surface area contributed by atoms with Crippen LogP contribution in [0.4, 0.5) is 5.69 Å². The minimum atomic E-state index is 0.403. The van der Waals surface area contributed by atoms with Gasteiger partial charge in [-0.05, 0) is 62.3 Å². The minimum Gasteiger partial charge on any atom is -0.490 e. The van der Waals surface area contributed by atoms with Gasteiger partial charge in [0.05, 0.1) is 6.10 Å². The third kappa shape index (κ3) is 3.15. The van der Waals surface area contributed by atoms with Crippen LogP contribution in [0.5, 0.6) is 5.75 Å². The monoisotopic (exact) mass is 233 g/mol. The van der Waals surface area contributed by atoms with E-state index in [-0.39, 0.29) is 0 Å². The summed E-state index contributed by atoms with van der Waals surface area (Å²) in [4.78, 5) is 0. The summed E-state index contributed by atoms with van der Waals surface area (Å²) >= 11 is 0. The van der Waals surface area contributed by atoms with E-state index in [2.05, 4.69) is 13.8 Å². The van der Waals surface area contributed by atoms with E-state index in [1.165, 1.54) is 32.1 Å². The van der Waals surface area contributed by atoms with Crippen molar-refractivity contribution in [3.8, 4) is 5.75 Å². The molecule has 0 saturated heterocycles. The molecule has 0 unspecified atom stereocenters. The van der Waals surface area contributed by atoms with Crippen molar-refractivity contribution in [1.29, 1.82) is 0 Å². The highest BCUT2D eigenvalue weighted by atomic mass is 16.5. The summed E-state index contributed by atoms with van der Waals surface area (Å²) in [5.74, 6) is 1.92. The number of benzene rings is 1. The molecular formula is C15H23NO. The standard InChI is InChI=1S/C15H23NO/c1-3-12-4-7-14(8-5-12)17-15-9-6-13(16)10-11(15)2/h6,9-10,12,14H,3-5,7-8,16H2,1-2H3. The summed E-state index contributed by atoms with van der Waals surface area (Å²) < 4.78 is 6.08. The van der Waals surface area contributed by atoms with Crippen LogP contribution in [-0.4, -0.2) is 6.10 Å². The number of nitrogen functional groups attached to an aromatic ring is 1. The maximum atomic E-state index is 6.08. The van der Waals surface area contributed by atoms with Gasteiger partial charge in [-0.3, -0.25) is 0 Å². The topological polar surface area (TPSA) is 35.2 Å². The lowest BCUT2D eigenvalue weighted by Gasteiger charge is -2.28. The largest absolute Gasteiger partial charge is 0.490 e. The molecule has 0 bridgehead atoms. The van der Waals surface area contributed by atoms with Crippen molar-refractivity contribution in [1.82, 2.24) is 0 Å². The fourth-order valence-corrected chi connectivity index (χ4v) is 2.64. The first-order valence-corrected chi connectivity index (χ1v) is 6.71. The summed E-state index contributed by atoms with van der Waals surface area (Å²) in [6.45, 7) is 4.35. The number of hydrogen-bond donors (Lipinski definition) is 1. The Kier molecular flexibility index (Phi) is 3.93. The van der Waals surface area contributed by atoms with Crippen LogP contribution in [0.2, 0.25) is 0 Å². The molecule has 0 heterocycles. The summed E-state index contributed by atoms with van der Waals surface area (Å²) in [6, 6.07) is 5.89. The molecule has 0 amide bonds. The van der Waals surface area contributed by atoms with E-state index in [1.54, 1.807) is 0 Å². The zero-order chi connectivity index (χ0) is 12.3. The maximum Gasteiger partial charge on any atom is 0.122 e. The molecule has 1 saturated carbocycles. The SMILES string of the molecule is CCC1CCC(Oc2ccc(N)cc2C)CC1. The molecule has 94 valence electrons. The lowest BCUT2D eigenvalue weighted by molar-refractivity contribution is 0.129. The number of anilines is 1. The maximum absolute atomic E-state index is 6.08. The Balaban J connectivity index is 1.93. The molecule has 17 heavy (non-hydrogen) atoms. The van der Waals surface area contributed by atoms with Crippen molar-refractivity contribution in [3.63, 3.8) is 0 Å². The molecule has 1 aliphatic carbocycles. The van der Waals surface area contributed by atoms with Gasteiger partial charge in [0.2, 0.25) is 0 Å². The Morgan fingerprint density at radius 3 is 2.53 bits per heavy atom. The molecular weight excluding hydrogens is 210 g/mol. The molecule has 0 radical (unpaired) electrons. The van der Waals surface area contributed by atoms with Crippen LogP contribution in [0.15, 0.2) is 18.2 Å². The normalized spacial score (nSPS) is 24.6. The van der Waals surface area contributed by atoms with Gasteiger partial charge in [0.1, 0.15) is 5.75 Å². The first kappa shape index (κ1) is 12.3. The Hall–Kier alpha value is -1.18. The van der Waals surface area contributed by atoms with Crippen molar-refractivity contribution < 1.29 is 4.74 Å². The van der Waals surface area contributed by atoms with Crippen molar-refractivity contribution >= 4 is 5.69 Å². The number of hydrogen-bond acceptors (Lipinski definition) is 2. The second-order valence-corrected chi connectivity index (χ2v) is 5.19. The molecule has 1 aromatic rings. The molecule has 1 aliphatic rings. The highest BCUT2D eigenvalue weighted by Gasteiger charge is 2.21. The van der Waals surface area contributed by atoms with Gasteiger partial charge in [0.25, 0.3) is 0 Å². The van der Waals surface area contributed by atoms with E-state index < -0.39 is 0 Å². The first-order valence-electron chi connectivity index (χ1n) is 6.71. The molecule has 1 aromatic carbocycles. The molecule has 2 nitrogen and oxygen atoms in total. The molecule has 1 fully saturated rings. The highest BCUT2D eigenvalue weighted by Crippen LogP contribution is 2.30. The van der Waals surface area contributed by atoms with Crippen molar-refractivity contribution in [2.75, 3.05) is 5.73 Å². The zero-order valence-electron chi connectivity index (χ0n) is 10.9. The van der Waals surface area contributed by atoms with Crippen LogP contribution in [0.3, 0.4) is 0 Å². The van der Waals surface area contributed by atoms with E-state index in [0.29, 0.717) is 6.10 Å². The third-order valence-corrected chi connectivity index (χ3v) is 3.86. The fourth-order valence-electron chi connectivity index (χ4n) is 2.64. The van der Waals surface area contributed by atoms with E-state index in [4.69, 9.17) is 10.5 Å². The van der Waals surface area contributed by atoms with Gasteiger partial charge >= 0.3 is 0 Å². The predicted octanol–water partition coefficient (Wildman–Crippen LogP) is 3.92. The average Bonchev–Trinajstić information content (AvgIpc) is 2.34. The minimum absolute atomic E-state index is 0.403. The smallest absolute Gasteiger partial charge is 0.122 e. The van der Waals surface area contributed by atoms with Gasteiger partial charge in [-0.1, -0.05) is 13.3 Å². The highest BCUT2D eigenvalue weighted by molar-refractivity contribution is 5.47. The summed E-state index contributed by atoms with van der Waals surface area (Å²) in [7, 11) is 0. The Morgan fingerprint density at radius 1 is 1.24 bits per heavy atom. The van der Waals surface area contributed by atoms with Crippen LogP contribution in [0, 0.1) is 12.8 Å². The van der Waals surface area contributed by atoms with E-state index in [1.807, 2.05) is 18.2 Å². The Bertz CT molecular complexity index is 367. The molecule has 0 spiro atoms. The first-order chi connectivity index (χ1) is 8.19. The van der Waals surface area contributed by atoms with Gasteiger partial charge in [-0.25, -0.2) is 0 Å². The van der Waals surface area contributed by atoms with E-state index in [9.17, 15) is 0 Å². The third-order valence-electron chi connectivity index (χ3n) is 3.86. The molecule has 2 N–H and O–H groups in total. The Labute approximate surface area is 104 Å². The van der Waals surface area contributed by atoms with Crippen LogP contribution < -0.4 is 10.5 Å². The van der Waals surface area contributed by atoms with Crippen LogP contribution >= 0.6 is 0 Å². The van der Waals surface area contributed by atoms with Crippen LogP contribution in [0.25, 0.3) is 0 Å². The zero-order valence-corrected chi connectivity index (χ0v) is 10.9. The fraction of sp³-hybridized carbons (Fsp3) is 0.600. The van der Waals surface area contributed by atoms with Crippen molar-refractivity contribution in [2.24, 2.45) is 5.92 Å². The molecule has 2 heteroatoms. The second kappa shape index (κ2) is 5.44. The van der Waals surface area contributed by atoms with E-state index in [0.717, 1.165) is 22.9 Å². The van der Waals surface area contributed by atoms with Crippen LogP contribution in [0.1, 0.15) is 44.6 Å². The van der Waals surface area contributed by atoms with Gasteiger partial charge in [0, 0.05) is 5.69 Å². The molecule has 0 aromatic heterocycles. The van der Waals surface area contributed by atoms with Gasteiger partial charge < -0.3 is 10.5 Å². The average molecular weight is 233 g/mol. The second-order valence-electron chi connectivity index (χ2n) is 5.19. The molecule has 0 aliphatic heterocycles. The summed E-state index contributed by atoms with van der Waals surface area (Å²) in [5.41, 5.74) is 7.69. The number of rotatable bonds is 3. The van der Waals surface area contributed by atoms with Gasteiger partial charge in [0.15, 0.2) is 0 Å². The number of aryl methyl sites for hydroxylation is 1. The van der Waals surface area contributed by atoms with Crippen LogP contribution in [-0.2, 0) is 0 Å². The Morgan fingerprint density at radius 2 is 1.94 bits per heavy atom. The summed E-state index contributed by atoms with van der Waals surface area (Å²) in [6.07, 6.45) is 6.74. The summed E-state index contributed by atoms with van der Waals surface area (Å²) in [5, 5.41) is 0. The quantitative estimate of drug-likeness (QED) is 0.803. The lowest BCUT2D eigenvalue weighted by Crippen LogP contribution is -2.24. The molecule has 2 rings (SSSR count). The van der Waals surface area contributed by atoms with Gasteiger partial charge in [-0.2, -0.15) is 0 Å². The lowest BCUT2D eigenvalue weighted by atomic mass is 9.86. The van der Waals surface area contributed by atoms with Crippen molar-refractivity contribution in [3.05, 3.63) is 23.8 Å². The van der Waals surface area contributed by atoms with E-state index >= 15 is 0 Å². The number of ether oxygens (including phenoxy) is 1. The molecule has 0 atom stereocenters.